The second kappa shape index (κ2) is 4.79. The quantitative estimate of drug-likeness (QED) is 0.801. The van der Waals surface area contributed by atoms with E-state index in [2.05, 4.69) is 15.0 Å². The van der Waals surface area contributed by atoms with Crippen molar-refractivity contribution >= 4 is 23.3 Å². The Morgan fingerprint density at radius 1 is 1.77 bits per heavy atom. The lowest BCUT2D eigenvalue weighted by atomic mass is 10.4. The molecule has 1 aromatic rings. The van der Waals surface area contributed by atoms with Crippen LogP contribution >= 0.6 is 11.6 Å². The number of methoxy groups -OCH3 is 1. The average molecular weight is 201 g/mol. The highest BCUT2D eigenvalue weighted by Gasteiger charge is 2.04. The van der Waals surface area contributed by atoms with Crippen molar-refractivity contribution in [2.45, 2.75) is 0 Å². The lowest BCUT2D eigenvalue weighted by Crippen LogP contribution is -2.18. The number of ether oxygens (including phenoxy) is 1. The van der Waals surface area contributed by atoms with E-state index in [4.69, 9.17) is 11.6 Å². The zero-order valence-corrected chi connectivity index (χ0v) is 7.84. The fourth-order valence-corrected chi connectivity index (χ4v) is 0.946. The predicted molar refractivity (Wildman–Crippen MR) is 49.8 cm³/mol. The van der Waals surface area contributed by atoms with Crippen molar-refractivity contribution in [1.29, 1.82) is 0 Å². The van der Waals surface area contributed by atoms with Crippen LogP contribution in [0.15, 0.2) is 18.3 Å². The lowest BCUT2D eigenvalue weighted by molar-refractivity contribution is -0.119. The van der Waals surface area contributed by atoms with Crippen molar-refractivity contribution in [2.24, 2.45) is 0 Å². The molecular formula is C8H9ClN2O2. The van der Waals surface area contributed by atoms with Crippen LogP contribution in [0.3, 0.4) is 0 Å². The molecule has 0 aliphatic heterocycles. The zero-order valence-electron chi connectivity index (χ0n) is 7.08. The van der Waals surface area contributed by atoms with Gasteiger partial charge in [-0.3, -0.25) is 4.79 Å². The van der Waals surface area contributed by atoms with E-state index in [0.29, 0.717) is 10.8 Å². The molecule has 0 saturated carbocycles. The van der Waals surface area contributed by atoms with Crippen molar-refractivity contribution in [2.75, 3.05) is 19.0 Å². The highest BCUT2D eigenvalue weighted by Crippen LogP contribution is 2.16. The Hall–Kier alpha value is -1.13. The molecule has 0 saturated heterocycles. The van der Waals surface area contributed by atoms with Gasteiger partial charge in [-0.05, 0) is 12.1 Å². The molecule has 1 rings (SSSR count). The number of halogens is 1. The van der Waals surface area contributed by atoms with Crippen molar-refractivity contribution in [3.05, 3.63) is 23.4 Å². The van der Waals surface area contributed by atoms with E-state index in [1.54, 1.807) is 18.3 Å². The number of carbonyl (C=O) groups is 1. The summed E-state index contributed by atoms with van der Waals surface area (Å²) in [5.41, 5.74) is 0. The number of carbonyl (C=O) groups excluding carboxylic acids is 1. The smallest absolute Gasteiger partial charge is 0.251 e. The molecule has 70 valence electrons. The summed E-state index contributed by atoms with van der Waals surface area (Å²) in [6.45, 7) is -0.00704. The first kappa shape index (κ1) is 9.95. The molecule has 0 aliphatic carbocycles. The molecule has 4 nitrogen and oxygen atoms in total. The maximum absolute atomic E-state index is 11.0. The molecule has 0 radical (unpaired) electrons. The van der Waals surface area contributed by atoms with E-state index >= 15 is 0 Å². The van der Waals surface area contributed by atoms with E-state index in [9.17, 15) is 4.79 Å². The van der Waals surface area contributed by atoms with E-state index in [1.807, 2.05) is 0 Å². The maximum Gasteiger partial charge on any atom is 0.251 e. The van der Waals surface area contributed by atoms with Gasteiger partial charge in [0.2, 0.25) is 0 Å². The zero-order chi connectivity index (χ0) is 9.68. The molecule has 0 spiro atoms. The molecule has 1 N–H and O–H groups in total. The van der Waals surface area contributed by atoms with E-state index in [1.165, 1.54) is 7.11 Å². The summed E-state index contributed by atoms with van der Waals surface area (Å²) in [5.74, 6) is 0.0781. The Bertz CT molecular complexity index is 304. The standard InChI is InChI=1S/C8H9ClN2O2/c1-13-5-7(12)11-8-6(9)3-2-4-10-8/h2-4H,5H2,1H3,(H,10,11,12). The van der Waals surface area contributed by atoms with Crippen LogP contribution in [0.5, 0.6) is 0 Å². The van der Waals surface area contributed by atoms with Crippen LogP contribution in [-0.4, -0.2) is 24.6 Å². The molecule has 1 amide bonds. The van der Waals surface area contributed by atoms with Crippen molar-refractivity contribution in [3.63, 3.8) is 0 Å². The van der Waals surface area contributed by atoms with Crippen LogP contribution in [0.25, 0.3) is 0 Å². The Kier molecular flexibility index (Phi) is 3.67. The normalized spacial score (nSPS) is 9.69. The third kappa shape index (κ3) is 3.01. The van der Waals surface area contributed by atoms with Crippen molar-refractivity contribution in [1.82, 2.24) is 4.98 Å². The first-order valence-corrected chi connectivity index (χ1v) is 4.01. The first-order valence-electron chi connectivity index (χ1n) is 3.63. The fourth-order valence-electron chi connectivity index (χ4n) is 0.777. The Morgan fingerprint density at radius 3 is 3.15 bits per heavy atom. The highest BCUT2D eigenvalue weighted by molar-refractivity contribution is 6.33. The summed E-state index contributed by atoms with van der Waals surface area (Å²) < 4.78 is 4.63. The van der Waals surface area contributed by atoms with Crippen molar-refractivity contribution < 1.29 is 9.53 Å². The summed E-state index contributed by atoms with van der Waals surface area (Å²) in [6, 6.07) is 3.34. The van der Waals surface area contributed by atoms with Crippen LogP contribution in [0, 0.1) is 0 Å². The van der Waals surface area contributed by atoms with Crippen LogP contribution in [0.2, 0.25) is 5.02 Å². The Balaban J connectivity index is 2.63. The van der Waals surface area contributed by atoms with E-state index < -0.39 is 0 Å². The monoisotopic (exact) mass is 200 g/mol. The fraction of sp³-hybridized carbons (Fsp3) is 0.250. The number of aromatic nitrogens is 1. The Labute approximate surface area is 80.9 Å². The number of nitrogens with zero attached hydrogens (tertiary/aromatic N) is 1. The molecule has 0 unspecified atom stereocenters. The SMILES string of the molecule is COCC(=O)Nc1ncccc1Cl. The predicted octanol–water partition coefficient (Wildman–Crippen LogP) is 1.32. The number of hydrogen-bond acceptors (Lipinski definition) is 3. The lowest BCUT2D eigenvalue weighted by Gasteiger charge is -2.04. The van der Waals surface area contributed by atoms with Crippen molar-refractivity contribution in [3.8, 4) is 0 Å². The summed E-state index contributed by atoms with van der Waals surface area (Å²) in [4.78, 5) is 14.9. The second-order valence-electron chi connectivity index (χ2n) is 2.32. The highest BCUT2D eigenvalue weighted by atomic mass is 35.5. The molecule has 0 atom stereocenters. The molecule has 0 aromatic carbocycles. The van der Waals surface area contributed by atoms with Gasteiger partial charge in [-0.25, -0.2) is 4.98 Å². The largest absolute Gasteiger partial charge is 0.375 e. The van der Waals surface area contributed by atoms with Gasteiger partial charge in [0.15, 0.2) is 5.82 Å². The molecule has 1 heterocycles. The van der Waals surface area contributed by atoms with E-state index in [-0.39, 0.29) is 12.5 Å². The topological polar surface area (TPSA) is 51.2 Å². The Morgan fingerprint density at radius 2 is 2.54 bits per heavy atom. The average Bonchev–Trinajstić information content (AvgIpc) is 2.09. The van der Waals surface area contributed by atoms with Crippen LogP contribution in [-0.2, 0) is 9.53 Å². The van der Waals surface area contributed by atoms with Crippen LogP contribution in [0.1, 0.15) is 0 Å². The number of pyridine rings is 1. The first-order chi connectivity index (χ1) is 6.24. The molecule has 1 aromatic heterocycles. The number of anilines is 1. The van der Waals surface area contributed by atoms with Gasteiger partial charge in [0.05, 0.1) is 5.02 Å². The minimum absolute atomic E-state index is 0.00704. The minimum atomic E-state index is -0.275. The van der Waals surface area contributed by atoms with Gasteiger partial charge in [-0.1, -0.05) is 11.6 Å². The third-order valence-electron chi connectivity index (χ3n) is 1.29. The number of amides is 1. The summed E-state index contributed by atoms with van der Waals surface area (Å²) in [5, 5.41) is 2.91. The van der Waals surface area contributed by atoms with E-state index in [0.717, 1.165) is 0 Å². The van der Waals surface area contributed by atoms with Gasteiger partial charge in [0, 0.05) is 13.3 Å². The van der Waals surface area contributed by atoms with Gasteiger partial charge in [0.1, 0.15) is 6.61 Å². The molecule has 5 heteroatoms. The molecule has 0 aliphatic rings. The van der Waals surface area contributed by atoms with Gasteiger partial charge in [-0.2, -0.15) is 0 Å². The summed E-state index contributed by atoms with van der Waals surface area (Å²) >= 11 is 5.75. The maximum atomic E-state index is 11.0. The molecule has 0 bridgehead atoms. The molecule has 0 fully saturated rings. The summed E-state index contributed by atoms with van der Waals surface area (Å²) in [7, 11) is 1.44. The molecule has 13 heavy (non-hydrogen) atoms. The summed E-state index contributed by atoms with van der Waals surface area (Å²) in [6.07, 6.45) is 1.55. The van der Waals surface area contributed by atoms with Gasteiger partial charge < -0.3 is 10.1 Å². The van der Waals surface area contributed by atoms with Gasteiger partial charge in [-0.15, -0.1) is 0 Å². The van der Waals surface area contributed by atoms with Crippen LogP contribution < -0.4 is 5.32 Å². The molecular weight excluding hydrogens is 192 g/mol. The number of nitrogens with one attached hydrogen (secondary N) is 1. The number of rotatable bonds is 3. The van der Waals surface area contributed by atoms with Gasteiger partial charge in [0.25, 0.3) is 5.91 Å². The van der Waals surface area contributed by atoms with Gasteiger partial charge >= 0.3 is 0 Å². The minimum Gasteiger partial charge on any atom is -0.375 e. The second-order valence-corrected chi connectivity index (χ2v) is 2.72. The van der Waals surface area contributed by atoms with Crippen LogP contribution in [0.4, 0.5) is 5.82 Å². The third-order valence-corrected chi connectivity index (χ3v) is 1.60. The number of hydrogen-bond donors (Lipinski definition) is 1.